The summed E-state index contributed by atoms with van der Waals surface area (Å²) < 4.78 is 7.05. The van der Waals surface area contributed by atoms with Crippen molar-refractivity contribution in [2.24, 2.45) is 0 Å². The number of hydrogen-bond donors (Lipinski definition) is 1. The Balaban J connectivity index is 0.00000208. The van der Waals surface area contributed by atoms with Crippen LogP contribution in [0.1, 0.15) is 37.9 Å². The van der Waals surface area contributed by atoms with Gasteiger partial charge in [0.2, 0.25) is 0 Å². The van der Waals surface area contributed by atoms with Gasteiger partial charge in [0, 0.05) is 9.13 Å². The molecule has 1 aliphatic carbocycles. The summed E-state index contributed by atoms with van der Waals surface area (Å²) in [4.78, 5) is 0. The van der Waals surface area contributed by atoms with Gasteiger partial charge in [-0.3, -0.25) is 0 Å². The number of nitrogens with one attached hydrogen (secondary N) is 1. The van der Waals surface area contributed by atoms with E-state index in [0.717, 1.165) is 45.2 Å². The van der Waals surface area contributed by atoms with Gasteiger partial charge in [-0.05, 0) is 91.6 Å². The molecule has 2 aromatic rings. The van der Waals surface area contributed by atoms with Gasteiger partial charge in [-0.25, -0.2) is 0 Å². The van der Waals surface area contributed by atoms with Gasteiger partial charge in [0.1, 0.15) is 11.5 Å². The third-order valence-corrected chi connectivity index (χ3v) is 5.15. The molecule has 0 spiro atoms. The molecule has 0 aliphatic heterocycles. The van der Waals surface area contributed by atoms with Crippen molar-refractivity contribution in [2.75, 3.05) is 6.54 Å². The second-order valence-corrected chi connectivity index (χ2v) is 7.58. The van der Waals surface area contributed by atoms with E-state index in [4.69, 9.17) is 16.0 Å². The smallest absolute Gasteiger partial charge is 0.135 e. The topological polar surface area (TPSA) is 25.2 Å². The van der Waals surface area contributed by atoms with Gasteiger partial charge in [0.25, 0.3) is 0 Å². The molecule has 0 bridgehead atoms. The normalized spacial score (nSPS) is 14.2. The first kappa shape index (κ1) is 19.8. The number of allylic oxidation sites excluding steroid dienone is 1. The van der Waals surface area contributed by atoms with Gasteiger partial charge in [-0.1, -0.05) is 23.3 Å². The van der Waals surface area contributed by atoms with Gasteiger partial charge in [0.05, 0.1) is 11.6 Å². The van der Waals surface area contributed by atoms with Crippen LogP contribution in [0.4, 0.5) is 0 Å². The summed E-state index contributed by atoms with van der Waals surface area (Å²) in [5.41, 5.74) is 2.56. The minimum Gasteiger partial charge on any atom is -0.460 e. The molecule has 1 aliphatic rings. The number of rotatable bonds is 6. The maximum atomic E-state index is 6.30. The fourth-order valence-corrected chi connectivity index (χ4v) is 3.85. The molecule has 24 heavy (non-hydrogen) atoms. The van der Waals surface area contributed by atoms with Gasteiger partial charge in [0.15, 0.2) is 0 Å². The number of benzene rings is 1. The van der Waals surface area contributed by atoms with Gasteiger partial charge in [-0.2, -0.15) is 0 Å². The van der Waals surface area contributed by atoms with Crippen LogP contribution in [-0.4, -0.2) is 6.54 Å². The molecular weight excluding hydrogens is 456 g/mol. The second-order valence-electron chi connectivity index (χ2n) is 5.93. The van der Waals surface area contributed by atoms with Crippen LogP contribution in [0.2, 0.25) is 5.02 Å². The van der Waals surface area contributed by atoms with E-state index in [2.05, 4.69) is 34.0 Å². The van der Waals surface area contributed by atoms with Crippen LogP contribution in [0.5, 0.6) is 0 Å². The highest BCUT2D eigenvalue weighted by Gasteiger charge is 2.09. The van der Waals surface area contributed by atoms with E-state index in [0.29, 0.717) is 0 Å². The van der Waals surface area contributed by atoms with E-state index in [1.54, 1.807) is 5.57 Å². The van der Waals surface area contributed by atoms with E-state index in [-0.39, 0.29) is 12.4 Å². The molecule has 1 heterocycles. The predicted molar refractivity (Wildman–Crippen MR) is 112 cm³/mol. The zero-order chi connectivity index (χ0) is 16.1. The molecule has 5 heteroatoms. The summed E-state index contributed by atoms with van der Waals surface area (Å²) in [5, 5.41) is 4.20. The lowest BCUT2D eigenvalue weighted by molar-refractivity contribution is 0.493. The maximum Gasteiger partial charge on any atom is 0.135 e. The molecule has 2 nitrogen and oxygen atoms in total. The molecule has 130 valence electrons. The Kier molecular flexibility index (Phi) is 8.14. The van der Waals surface area contributed by atoms with E-state index in [1.165, 1.54) is 25.7 Å². The van der Waals surface area contributed by atoms with Gasteiger partial charge in [-0.15, -0.1) is 12.4 Å². The first-order chi connectivity index (χ1) is 11.2. The van der Waals surface area contributed by atoms with Crippen LogP contribution < -0.4 is 5.32 Å². The molecule has 1 N–H and O–H groups in total. The summed E-state index contributed by atoms with van der Waals surface area (Å²) >= 11 is 8.56. The van der Waals surface area contributed by atoms with Crippen LogP contribution in [0, 0.1) is 3.57 Å². The Hall–Kier alpha value is -0.490. The minimum atomic E-state index is 0. The zero-order valence-corrected chi connectivity index (χ0v) is 17.2. The molecule has 0 saturated heterocycles. The second kappa shape index (κ2) is 9.85. The van der Waals surface area contributed by atoms with Crippen molar-refractivity contribution < 1.29 is 4.42 Å². The summed E-state index contributed by atoms with van der Waals surface area (Å²) in [6.07, 6.45) is 8.80. The van der Waals surface area contributed by atoms with E-state index < -0.39 is 0 Å². The molecule has 3 rings (SSSR count). The Labute approximate surface area is 168 Å². The molecule has 1 aromatic heterocycles. The standard InChI is InChI=1S/C19H21ClINO.ClH/c20-18-12-15(21)6-8-17(18)19-9-7-16(23-19)13-22-11-10-14-4-2-1-3-5-14;/h4,6-9,12,22H,1-3,5,10-11,13H2;1H. The molecule has 0 unspecified atom stereocenters. The van der Waals surface area contributed by atoms with Crippen molar-refractivity contribution in [3.05, 3.63) is 56.3 Å². The van der Waals surface area contributed by atoms with Crippen LogP contribution in [0.25, 0.3) is 11.3 Å². The lowest BCUT2D eigenvalue weighted by atomic mass is 9.97. The lowest BCUT2D eigenvalue weighted by Crippen LogP contribution is -2.15. The molecule has 0 amide bonds. The van der Waals surface area contributed by atoms with Crippen LogP contribution in [-0.2, 0) is 6.54 Å². The van der Waals surface area contributed by atoms with E-state index >= 15 is 0 Å². The van der Waals surface area contributed by atoms with E-state index in [1.807, 2.05) is 30.3 Å². The summed E-state index contributed by atoms with van der Waals surface area (Å²) in [7, 11) is 0. The average molecular weight is 478 g/mol. The maximum absolute atomic E-state index is 6.30. The Morgan fingerprint density at radius 3 is 2.79 bits per heavy atom. The minimum absolute atomic E-state index is 0. The third kappa shape index (κ3) is 5.51. The predicted octanol–water partition coefficient (Wildman–Crippen LogP) is 6.61. The zero-order valence-electron chi connectivity index (χ0n) is 13.5. The SMILES string of the molecule is Cl.Clc1cc(I)ccc1-c1ccc(CNCCC2=CCCCC2)o1. The molecule has 0 fully saturated rings. The van der Waals surface area contributed by atoms with Gasteiger partial charge < -0.3 is 9.73 Å². The summed E-state index contributed by atoms with van der Waals surface area (Å²) in [6.45, 7) is 1.77. The quantitative estimate of drug-likeness (QED) is 0.287. The van der Waals surface area contributed by atoms with Crippen molar-refractivity contribution in [2.45, 2.75) is 38.6 Å². The fourth-order valence-electron chi connectivity index (χ4n) is 2.90. The first-order valence-corrected chi connectivity index (χ1v) is 9.61. The summed E-state index contributed by atoms with van der Waals surface area (Å²) in [6, 6.07) is 10.0. The Morgan fingerprint density at radius 2 is 2.04 bits per heavy atom. The molecule has 0 saturated carbocycles. The van der Waals surface area contributed by atoms with Crippen molar-refractivity contribution in [1.29, 1.82) is 0 Å². The van der Waals surface area contributed by atoms with E-state index in [9.17, 15) is 0 Å². The highest BCUT2D eigenvalue weighted by molar-refractivity contribution is 14.1. The summed E-state index contributed by atoms with van der Waals surface area (Å²) in [5.74, 6) is 1.78. The first-order valence-electron chi connectivity index (χ1n) is 8.15. The molecular formula is C19H22Cl2INO. The number of halogens is 3. The Morgan fingerprint density at radius 1 is 1.17 bits per heavy atom. The lowest BCUT2D eigenvalue weighted by Gasteiger charge is -2.12. The van der Waals surface area contributed by atoms with Crippen LogP contribution in [0.15, 0.2) is 46.4 Å². The average Bonchev–Trinajstić information content (AvgIpc) is 3.01. The molecule has 0 atom stereocenters. The number of hydrogen-bond acceptors (Lipinski definition) is 2. The van der Waals surface area contributed by atoms with Crippen LogP contribution in [0.3, 0.4) is 0 Å². The van der Waals surface area contributed by atoms with Crippen molar-refractivity contribution in [1.82, 2.24) is 5.32 Å². The number of furan rings is 1. The molecule has 1 aromatic carbocycles. The van der Waals surface area contributed by atoms with Crippen molar-refractivity contribution in [3.8, 4) is 11.3 Å². The highest BCUT2D eigenvalue weighted by atomic mass is 127. The Bertz CT molecular complexity index is 696. The monoisotopic (exact) mass is 477 g/mol. The molecule has 0 radical (unpaired) electrons. The van der Waals surface area contributed by atoms with Crippen molar-refractivity contribution in [3.63, 3.8) is 0 Å². The van der Waals surface area contributed by atoms with Gasteiger partial charge >= 0.3 is 0 Å². The fraction of sp³-hybridized carbons (Fsp3) is 0.368. The van der Waals surface area contributed by atoms with Crippen LogP contribution >= 0.6 is 46.6 Å². The third-order valence-electron chi connectivity index (χ3n) is 4.17. The van der Waals surface area contributed by atoms with Crippen molar-refractivity contribution >= 4 is 46.6 Å². The largest absolute Gasteiger partial charge is 0.460 e. The highest BCUT2D eigenvalue weighted by Crippen LogP contribution is 2.30.